The van der Waals surface area contributed by atoms with Crippen LogP contribution in [0.3, 0.4) is 0 Å². The van der Waals surface area contributed by atoms with Gasteiger partial charge in [-0.25, -0.2) is 4.79 Å². The van der Waals surface area contributed by atoms with Crippen LogP contribution in [0.25, 0.3) is 0 Å². The predicted octanol–water partition coefficient (Wildman–Crippen LogP) is 2.26. The van der Waals surface area contributed by atoms with Gasteiger partial charge in [0.15, 0.2) is 5.69 Å². The van der Waals surface area contributed by atoms with Crippen molar-refractivity contribution in [2.24, 2.45) is 5.73 Å². The van der Waals surface area contributed by atoms with Crippen molar-refractivity contribution in [3.8, 4) is 5.75 Å². The molecule has 1 amide bonds. The van der Waals surface area contributed by atoms with Crippen LogP contribution in [0.5, 0.6) is 5.75 Å². The highest BCUT2D eigenvalue weighted by molar-refractivity contribution is 5.94. The standard InChI is InChI=1S/C16H19N3O3/c1-10-8-13(18-19(10)16(2,3)4)15(21)22-12-7-5-6-11(9-12)14(17)20/h5-9H,1-4H3,(H2,17,20). The Balaban J connectivity index is 2.23. The summed E-state index contributed by atoms with van der Waals surface area (Å²) in [4.78, 5) is 23.3. The van der Waals surface area contributed by atoms with Gasteiger partial charge in [0.1, 0.15) is 5.75 Å². The van der Waals surface area contributed by atoms with Crippen molar-refractivity contribution >= 4 is 11.9 Å². The molecule has 0 radical (unpaired) electrons. The minimum absolute atomic E-state index is 0.219. The molecule has 0 saturated heterocycles. The van der Waals surface area contributed by atoms with Crippen LogP contribution in [-0.4, -0.2) is 21.7 Å². The van der Waals surface area contributed by atoms with E-state index in [2.05, 4.69) is 5.10 Å². The van der Waals surface area contributed by atoms with Gasteiger partial charge in [0.2, 0.25) is 5.91 Å². The van der Waals surface area contributed by atoms with E-state index in [4.69, 9.17) is 10.5 Å². The molecule has 2 N–H and O–H groups in total. The fourth-order valence-electron chi connectivity index (χ4n) is 2.13. The fraction of sp³-hybridized carbons (Fsp3) is 0.312. The summed E-state index contributed by atoms with van der Waals surface area (Å²) in [5.41, 5.74) is 6.34. The lowest BCUT2D eigenvalue weighted by Crippen LogP contribution is -2.25. The van der Waals surface area contributed by atoms with Gasteiger partial charge in [-0.3, -0.25) is 9.48 Å². The molecule has 0 saturated carbocycles. The Labute approximate surface area is 128 Å². The average molecular weight is 301 g/mol. The topological polar surface area (TPSA) is 87.2 Å². The minimum atomic E-state index is -0.578. The molecule has 22 heavy (non-hydrogen) atoms. The summed E-state index contributed by atoms with van der Waals surface area (Å²) in [5, 5.41) is 4.29. The SMILES string of the molecule is Cc1cc(C(=O)Oc2cccc(C(N)=O)c2)nn1C(C)(C)C. The van der Waals surface area contributed by atoms with Gasteiger partial charge in [-0.1, -0.05) is 6.07 Å². The van der Waals surface area contributed by atoms with E-state index in [1.54, 1.807) is 28.9 Å². The van der Waals surface area contributed by atoms with Crippen LogP contribution in [0.2, 0.25) is 0 Å². The van der Waals surface area contributed by atoms with Crippen molar-refractivity contribution < 1.29 is 14.3 Å². The summed E-state index contributed by atoms with van der Waals surface area (Å²) in [6.45, 7) is 7.87. The van der Waals surface area contributed by atoms with Gasteiger partial charge in [-0.05, 0) is 52.0 Å². The van der Waals surface area contributed by atoms with E-state index in [1.807, 2.05) is 27.7 Å². The Kier molecular flexibility index (Phi) is 4.03. The summed E-state index contributed by atoms with van der Waals surface area (Å²) >= 11 is 0. The molecule has 2 rings (SSSR count). The Bertz CT molecular complexity index is 726. The largest absolute Gasteiger partial charge is 0.422 e. The number of aryl methyl sites for hydroxylation is 1. The molecular weight excluding hydrogens is 282 g/mol. The Hall–Kier alpha value is -2.63. The second kappa shape index (κ2) is 5.63. The van der Waals surface area contributed by atoms with Crippen molar-refractivity contribution in [2.45, 2.75) is 33.2 Å². The van der Waals surface area contributed by atoms with Crippen molar-refractivity contribution in [3.05, 3.63) is 47.3 Å². The summed E-state index contributed by atoms with van der Waals surface area (Å²) in [7, 11) is 0. The number of nitrogens with two attached hydrogens (primary N) is 1. The second-order valence-corrected chi connectivity index (χ2v) is 6.04. The van der Waals surface area contributed by atoms with Crippen LogP contribution < -0.4 is 10.5 Å². The van der Waals surface area contributed by atoms with Gasteiger partial charge in [0.05, 0.1) is 5.54 Å². The number of carbonyl (C=O) groups excluding carboxylic acids is 2. The number of rotatable bonds is 3. The lowest BCUT2D eigenvalue weighted by Gasteiger charge is -2.21. The number of hydrogen-bond acceptors (Lipinski definition) is 4. The maximum absolute atomic E-state index is 12.2. The monoisotopic (exact) mass is 301 g/mol. The predicted molar refractivity (Wildman–Crippen MR) is 81.9 cm³/mol. The van der Waals surface area contributed by atoms with E-state index in [9.17, 15) is 9.59 Å². The molecule has 6 nitrogen and oxygen atoms in total. The Morgan fingerprint density at radius 3 is 2.45 bits per heavy atom. The quantitative estimate of drug-likeness (QED) is 0.696. The number of amides is 1. The first-order chi connectivity index (χ1) is 10.2. The highest BCUT2D eigenvalue weighted by atomic mass is 16.5. The van der Waals surface area contributed by atoms with E-state index in [-0.39, 0.29) is 22.5 Å². The molecule has 1 aromatic heterocycles. The summed E-state index contributed by atoms with van der Waals surface area (Å²) < 4.78 is 7.02. The number of esters is 1. The van der Waals surface area contributed by atoms with Crippen LogP contribution >= 0.6 is 0 Å². The molecule has 6 heteroatoms. The Morgan fingerprint density at radius 2 is 1.91 bits per heavy atom. The smallest absolute Gasteiger partial charge is 0.364 e. The number of hydrogen-bond donors (Lipinski definition) is 1. The molecule has 0 aliphatic heterocycles. The summed E-state index contributed by atoms with van der Waals surface area (Å²) in [5.74, 6) is -0.900. The third kappa shape index (κ3) is 3.33. The van der Waals surface area contributed by atoms with E-state index in [1.165, 1.54) is 6.07 Å². The van der Waals surface area contributed by atoms with Crippen LogP contribution in [0, 0.1) is 6.92 Å². The zero-order valence-electron chi connectivity index (χ0n) is 13.1. The van der Waals surface area contributed by atoms with Crippen molar-refractivity contribution in [1.82, 2.24) is 9.78 Å². The molecule has 0 aliphatic rings. The van der Waals surface area contributed by atoms with Crippen molar-refractivity contribution in [1.29, 1.82) is 0 Å². The number of primary amides is 1. The van der Waals surface area contributed by atoms with Gasteiger partial charge < -0.3 is 10.5 Å². The third-order valence-electron chi connectivity index (χ3n) is 3.06. The normalized spacial score (nSPS) is 11.3. The molecule has 2 aromatic rings. The third-order valence-corrected chi connectivity index (χ3v) is 3.06. The molecule has 116 valence electrons. The van der Waals surface area contributed by atoms with Crippen LogP contribution in [0.15, 0.2) is 30.3 Å². The molecule has 1 heterocycles. The molecule has 0 atom stereocenters. The minimum Gasteiger partial charge on any atom is -0.422 e. The molecule has 1 aromatic carbocycles. The van der Waals surface area contributed by atoms with Crippen molar-refractivity contribution in [3.63, 3.8) is 0 Å². The van der Waals surface area contributed by atoms with Gasteiger partial charge >= 0.3 is 5.97 Å². The highest BCUT2D eigenvalue weighted by Gasteiger charge is 2.21. The van der Waals surface area contributed by atoms with E-state index < -0.39 is 11.9 Å². The summed E-state index contributed by atoms with van der Waals surface area (Å²) in [6, 6.07) is 7.83. The summed E-state index contributed by atoms with van der Waals surface area (Å²) in [6.07, 6.45) is 0. The number of nitrogens with zero attached hydrogens (tertiary/aromatic N) is 2. The van der Waals surface area contributed by atoms with Crippen LogP contribution in [0.1, 0.15) is 47.3 Å². The highest BCUT2D eigenvalue weighted by Crippen LogP contribution is 2.19. The average Bonchev–Trinajstić information content (AvgIpc) is 2.81. The zero-order valence-corrected chi connectivity index (χ0v) is 13.1. The number of ether oxygens (including phenoxy) is 1. The molecule has 0 bridgehead atoms. The lowest BCUT2D eigenvalue weighted by molar-refractivity contribution is 0.0725. The lowest BCUT2D eigenvalue weighted by atomic mass is 10.1. The number of carbonyl (C=O) groups is 2. The van der Waals surface area contributed by atoms with Crippen molar-refractivity contribution in [2.75, 3.05) is 0 Å². The number of aromatic nitrogens is 2. The Morgan fingerprint density at radius 1 is 1.23 bits per heavy atom. The first kappa shape index (κ1) is 15.8. The van der Waals surface area contributed by atoms with Crippen LogP contribution in [-0.2, 0) is 5.54 Å². The second-order valence-electron chi connectivity index (χ2n) is 6.04. The van der Waals surface area contributed by atoms with E-state index >= 15 is 0 Å². The molecule has 0 aliphatic carbocycles. The van der Waals surface area contributed by atoms with Gasteiger partial charge in [0.25, 0.3) is 0 Å². The zero-order chi connectivity index (χ0) is 16.5. The molecule has 0 fully saturated rings. The maximum atomic E-state index is 12.2. The molecule has 0 unspecified atom stereocenters. The molecule has 0 spiro atoms. The first-order valence-corrected chi connectivity index (χ1v) is 6.87. The maximum Gasteiger partial charge on any atom is 0.364 e. The van der Waals surface area contributed by atoms with E-state index in [0.717, 1.165) is 5.69 Å². The van der Waals surface area contributed by atoms with Gasteiger partial charge in [-0.2, -0.15) is 5.10 Å². The molecular formula is C16H19N3O3. The fourth-order valence-corrected chi connectivity index (χ4v) is 2.13. The first-order valence-electron chi connectivity index (χ1n) is 6.87. The van der Waals surface area contributed by atoms with Gasteiger partial charge in [-0.15, -0.1) is 0 Å². The van der Waals surface area contributed by atoms with E-state index in [0.29, 0.717) is 0 Å². The van der Waals surface area contributed by atoms with Crippen LogP contribution in [0.4, 0.5) is 0 Å². The number of benzene rings is 1. The van der Waals surface area contributed by atoms with Gasteiger partial charge in [0, 0.05) is 11.3 Å².